The third-order valence-electron chi connectivity index (χ3n) is 1.84. The maximum absolute atomic E-state index is 10.8. The Labute approximate surface area is 99.5 Å². The van der Waals surface area contributed by atoms with E-state index in [0.717, 1.165) is 0 Å². The molecule has 17 heavy (non-hydrogen) atoms. The van der Waals surface area contributed by atoms with Gasteiger partial charge in [0.05, 0.1) is 24.7 Å². The molecule has 0 amide bonds. The Kier molecular flexibility index (Phi) is 5.36. The van der Waals surface area contributed by atoms with Crippen LogP contribution in [0.15, 0.2) is 29.2 Å². The van der Waals surface area contributed by atoms with Crippen LogP contribution >= 0.6 is 0 Å². The highest BCUT2D eigenvalue weighted by atomic mass is 32.2. The van der Waals surface area contributed by atoms with E-state index in [1.807, 2.05) is 0 Å². The minimum atomic E-state index is -4.21. The van der Waals surface area contributed by atoms with Crippen LogP contribution in [-0.2, 0) is 14.9 Å². The summed E-state index contributed by atoms with van der Waals surface area (Å²) in [6, 6.07) is 5.53. The van der Waals surface area contributed by atoms with E-state index in [1.54, 1.807) is 6.07 Å². The molecule has 7 heteroatoms. The van der Waals surface area contributed by atoms with Crippen LogP contribution in [0.3, 0.4) is 0 Å². The summed E-state index contributed by atoms with van der Waals surface area (Å²) in [6.45, 7) is 0.693. The molecule has 0 heterocycles. The highest BCUT2D eigenvalue weighted by molar-refractivity contribution is 7.85. The van der Waals surface area contributed by atoms with Crippen molar-refractivity contribution in [1.29, 1.82) is 0 Å². The van der Waals surface area contributed by atoms with E-state index in [1.165, 1.54) is 18.2 Å². The molecule has 0 atom stereocenters. The van der Waals surface area contributed by atoms with Crippen LogP contribution in [0.25, 0.3) is 0 Å². The SMILES string of the molecule is O=S(=O)(O)c1cccc(OCCOCCO)c1. The first-order chi connectivity index (χ1) is 8.04. The van der Waals surface area contributed by atoms with Crippen LogP contribution < -0.4 is 4.74 Å². The standard InChI is InChI=1S/C10H14O6S/c11-4-5-15-6-7-16-9-2-1-3-10(8-9)17(12,13)14/h1-3,8,11H,4-7H2,(H,12,13,14). The van der Waals surface area contributed by atoms with Crippen LogP contribution in [0.5, 0.6) is 5.75 Å². The molecular formula is C10H14O6S. The van der Waals surface area contributed by atoms with Crippen molar-refractivity contribution in [3.63, 3.8) is 0 Å². The lowest BCUT2D eigenvalue weighted by Crippen LogP contribution is -2.09. The van der Waals surface area contributed by atoms with E-state index in [9.17, 15) is 8.42 Å². The molecule has 0 aliphatic rings. The zero-order valence-electron chi connectivity index (χ0n) is 9.07. The summed E-state index contributed by atoms with van der Waals surface area (Å²) in [5.41, 5.74) is 0. The van der Waals surface area contributed by atoms with Gasteiger partial charge in [-0.15, -0.1) is 0 Å². The molecule has 1 aromatic rings. The largest absolute Gasteiger partial charge is 0.491 e. The van der Waals surface area contributed by atoms with Gasteiger partial charge in [0.15, 0.2) is 0 Å². The molecule has 0 bridgehead atoms. The number of hydrogen-bond acceptors (Lipinski definition) is 5. The second-order valence-electron chi connectivity index (χ2n) is 3.13. The van der Waals surface area contributed by atoms with Gasteiger partial charge in [0, 0.05) is 6.07 Å². The number of ether oxygens (including phenoxy) is 2. The van der Waals surface area contributed by atoms with Crippen molar-refractivity contribution in [2.75, 3.05) is 26.4 Å². The number of benzene rings is 1. The lowest BCUT2D eigenvalue weighted by Gasteiger charge is -2.07. The van der Waals surface area contributed by atoms with Crippen molar-refractivity contribution in [1.82, 2.24) is 0 Å². The van der Waals surface area contributed by atoms with E-state index in [2.05, 4.69) is 0 Å². The molecule has 0 aromatic heterocycles. The van der Waals surface area contributed by atoms with E-state index >= 15 is 0 Å². The molecule has 0 unspecified atom stereocenters. The zero-order chi connectivity index (χ0) is 12.7. The number of aliphatic hydroxyl groups excluding tert-OH is 1. The zero-order valence-corrected chi connectivity index (χ0v) is 9.89. The van der Waals surface area contributed by atoms with Crippen molar-refractivity contribution in [3.8, 4) is 5.75 Å². The van der Waals surface area contributed by atoms with Crippen molar-refractivity contribution >= 4 is 10.1 Å². The van der Waals surface area contributed by atoms with Gasteiger partial charge in [-0.1, -0.05) is 6.07 Å². The quantitative estimate of drug-likeness (QED) is 0.543. The third kappa shape index (κ3) is 5.14. The lowest BCUT2D eigenvalue weighted by atomic mass is 10.3. The van der Waals surface area contributed by atoms with Gasteiger partial charge >= 0.3 is 0 Å². The topological polar surface area (TPSA) is 93.1 Å². The van der Waals surface area contributed by atoms with Gasteiger partial charge in [0.2, 0.25) is 0 Å². The summed E-state index contributed by atoms with van der Waals surface area (Å²) in [5, 5.41) is 8.45. The molecule has 0 aliphatic carbocycles. The molecule has 0 spiro atoms. The predicted octanol–water partition coefficient (Wildman–Crippen LogP) is 0.321. The fourth-order valence-electron chi connectivity index (χ4n) is 1.11. The van der Waals surface area contributed by atoms with Crippen molar-refractivity contribution < 1.29 is 27.6 Å². The fourth-order valence-corrected chi connectivity index (χ4v) is 1.63. The minimum Gasteiger partial charge on any atom is -0.491 e. The van der Waals surface area contributed by atoms with Gasteiger partial charge < -0.3 is 14.6 Å². The van der Waals surface area contributed by atoms with Gasteiger partial charge in [-0.3, -0.25) is 4.55 Å². The molecular weight excluding hydrogens is 248 g/mol. The molecule has 0 aliphatic heterocycles. The Morgan fingerprint density at radius 1 is 1.18 bits per heavy atom. The first-order valence-electron chi connectivity index (χ1n) is 4.93. The summed E-state index contributed by atoms with van der Waals surface area (Å²) in [7, 11) is -4.21. The third-order valence-corrected chi connectivity index (χ3v) is 2.69. The van der Waals surface area contributed by atoms with Gasteiger partial charge in [0.25, 0.3) is 10.1 Å². The first kappa shape index (κ1) is 13.9. The van der Waals surface area contributed by atoms with Gasteiger partial charge in [-0.25, -0.2) is 0 Å². The highest BCUT2D eigenvalue weighted by Crippen LogP contribution is 2.16. The Morgan fingerprint density at radius 3 is 2.59 bits per heavy atom. The first-order valence-corrected chi connectivity index (χ1v) is 6.37. The average molecular weight is 262 g/mol. The van der Waals surface area contributed by atoms with E-state index < -0.39 is 10.1 Å². The summed E-state index contributed by atoms with van der Waals surface area (Å²) in [5.74, 6) is 0.327. The van der Waals surface area contributed by atoms with Crippen LogP contribution in [0.2, 0.25) is 0 Å². The van der Waals surface area contributed by atoms with E-state index in [4.69, 9.17) is 19.1 Å². The summed E-state index contributed by atoms with van der Waals surface area (Å²) in [4.78, 5) is -0.216. The number of hydrogen-bond donors (Lipinski definition) is 2. The van der Waals surface area contributed by atoms with Crippen LogP contribution in [0.4, 0.5) is 0 Å². The Hall–Kier alpha value is -1.15. The molecule has 0 radical (unpaired) electrons. The maximum atomic E-state index is 10.8. The number of rotatable bonds is 7. The molecule has 6 nitrogen and oxygen atoms in total. The van der Waals surface area contributed by atoms with Crippen molar-refractivity contribution in [3.05, 3.63) is 24.3 Å². The Morgan fingerprint density at radius 2 is 1.94 bits per heavy atom. The molecule has 2 N–H and O–H groups in total. The van der Waals surface area contributed by atoms with Gasteiger partial charge in [-0.05, 0) is 12.1 Å². The highest BCUT2D eigenvalue weighted by Gasteiger charge is 2.09. The Balaban J connectivity index is 2.49. The lowest BCUT2D eigenvalue weighted by molar-refractivity contribution is 0.0704. The van der Waals surface area contributed by atoms with Gasteiger partial charge in [-0.2, -0.15) is 8.42 Å². The predicted molar refractivity (Wildman–Crippen MR) is 59.7 cm³/mol. The maximum Gasteiger partial charge on any atom is 0.294 e. The van der Waals surface area contributed by atoms with Crippen molar-refractivity contribution in [2.24, 2.45) is 0 Å². The van der Waals surface area contributed by atoms with E-state index in [-0.39, 0.29) is 31.3 Å². The number of aliphatic hydroxyl groups is 1. The molecule has 1 aromatic carbocycles. The monoisotopic (exact) mass is 262 g/mol. The minimum absolute atomic E-state index is 0.0573. The second-order valence-corrected chi connectivity index (χ2v) is 4.56. The second kappa shape index (κ2) is 6.55. The van der Waals surface area contributed by atoms with Crippen LogP contribution in [-0.4, -0.2) is 44.5 Å². The smallest absolute Gasteiger partial charge is 0.294 e. The summed E-state index contributed by atoms with van der Waals surface area (Å²) < 4.78 is 40.7. The van der Waals surface area contributed by atoms with Crippen LogP contribution in [0, 0.1) is 0 Å². The summed E-state index contributed by atoms with van der Waals surface area (Å²) in [6.07, 6.45) is 0. The van der Waals surface area contributed by atoms with Gasteiger partial charge in [0.1, 0.15) is 12.4 Å². The van der Waals surface area contributed by atoms with E-state index in [0.29, 0.717) is 5.75 Å². The molecule has 0 fully saturated rings. The molecule has 96 valence electrons. The average Bonchev–Trinajstić information content (AvgIpc) is 2.28. The van der Waals surface area contributed by atoms with Crippen molar-refractivity contribution in [2.45, 2.75) is 4.90 Å². The summed E-state index contributed by atoms with van der Waals surface area (Å²) >= 11 is 0. The Bertz CT molecular complexity index is 442. The van der Waals surface area contributed by atoms with Crippen LogP contribution in [0.1, 0.15) is 0 Å². The fraction of sp³-hybridized carbons (Fsp3) is 0.400. The molecule has 0 saturated carbocycles. The molecule has 1 rings (SSSR count). The normalized spacial score (nSPS) is 11.4. The molecule has 0 saturated heterocycles.